The molecule has 0 saturated heterocycles. The zero-order valence-electron chi connectivity index (χ0n) is 6.59. The minimum absolute atomic E-state index is 0.899. The van der Waals surface area contributed by atoms with Crippen LogP contribution in [-0.2, 0) is 0 Å². The predicted molar refractivity (Wildman–Crippen MR) is 43.5 cm³/mol. The largest absolute Gasteiger partial charge is 0.462 e. The first kappa shape index (κ1) is 6.40. The van der Waals surface area contributed by atoms with E-state index in [9.17, 15) is 0 Å². The van der Waals surface area contributed by atoms with Gasteiger partial charge in [0.1, 0.15) is 5.52 Å². The maximum Gasteiger partial charge on any atom is 0.155 e. The fraction of sp³-hybridized carbons (Fsp3) is 0.222. The second-order valence-electron chi connectivity index (χ2n) is 2.72. The minimum atomic E-state index is 0.899. The molecule has 0 fully saturated rings. The van der Waals surface area contributed by atoms with Gasteiger partial charge in [-0.3, -0.25) is 0 Å². The van der Waals surface area contributed by atoms with Crippen molar-refractivity contribution in [1.29, 1.82) is 0 Å². The molecule has 2 heteroatoms. The van der Waals surface area contributed by atoms with E-state index in [-0.39, 0.29) is 0 Å². The van der Waals surface area contributed by atoms with Crippen molar-refractivity contribution in [3.63, 3.8) is 0 Å². The second-order valence-corrected chi connectivity index (χ2v) is 2.72. The molecule has 0 amide bonds. The average molecular weight is 147 g/mol. The SMILES string of the molecule is Cc1cc(C)c2occc2n1. The minimum Gasteiger partial charge on any atom is -0.462 e. The Morgan fingerprint density at radius 1 is 1.36 bits per heavy atom. The van der Waals surface area contributed by atoms with E-state index in [1.807, 2.05) is 26.0 Å². The molecule has 2 aromatic heterocycles. The number of hydrogen-bond donors (Lipinski definition) is 0. The van der Waals surface area contributed by atoms with Crippen molar-refractivity contribution in [3.05, 3.63) is 29.7 Å². The third-order valence-electron chi connectivity index (χ3n) is 1.72. The number of fused-ring (bicyclic) bond motifs is 1. The van der Waals surface area contributed by atoms with Gasteiger partial charge in [0, 0.05) is 11.8 Å². The molecule has 0 N–H and O–H groups in total. The fourth-order valence-electron chi connectivity index (χ4n) is 1.29. The zero-order valence-corrected chi connectivity index (χ0v) is 6.59. The molecule has 0 atom stereocenters. The smallest absolute Gasteiger partial charge is 0.155 e. The van der Waals surface area contributed by atoms with Crippen LogP contribution >= 0.6 is 0 Å². The lowest BCUT2D eigenvalue weighted by molar-refractivity contribution is 0.612. The molecule has 0 aliphatic heterocycles. The van der Waals surface area contributed by atoms with Gasteiger partial charge in [0.05, 0.1) is 6.26 Å². The summed E-state index contributed by atoms with van der Waals surface area (Å²) in [6.45, 7) is 4.01. The summed E-state index contributed by atoms with van der Waals surface area (Å²) in [6.07, 6.45) is 1.67. The van der Waals surface area contributed by atoms with Gasteiger partial charge in [0.15, 0.2) is 5.58 Å². The normalized spacial score (nSPS) is 10.7. The van der Waals surface area contributed by atoms with Gasteiger partial charge in [-0.1, -0.05) is 0 Å². The van der Waals surface area contributed by atoms with E-state index in [0.717, 1.165) is 22.4 Å². The lowest BCUT2D eigenvalue weighted by atomic mass is 10.2. The average Bonchev–Trinajstić information content (AvgIpc) is 2.34. The molecule has 0 saturated carbocycles. The zero-order chi connectivity index (χ0) is 7.84. The molecular formula is C9H9NO. The summed E-state index contributed by atoms with van der Waals surface area (Å²) in [7, 11) is 0. The quantitative estimate of drug-likeness (QED) is 0.572. The van der Waals surface area contributed by atoms with Crippen molar-refractivity contribution in [1.82, 2.24) is 4.98 Å². The van der Waals surface area contributed by atoms with Crippen LogP contribution in [0.5, 0.6) is 0 Å². The Balaban J connectivity index is 2.91. The Labute approximate surface area is 64.9 Å². The van der Waals surface area contributed by atoms with Gasteiger partial charge in [-0.25, -0.2) is 4.98 Å². The molecular weight excluding hydrogens is 138 g/mol. The first-order chi connectivity index (χ1) is 5.27. The van der Waals surface area contributed by atoms with Crippen LogP contribution < -0.4 is 0 Å². The van der Waals surface area contributed by atoms with Gasteiger partial charge < -0.3 is 4.42 Å². The van der Waals surface area contributed by atoms with Crippen LogP contribution in [0.15, 0.2) is 22.8 Å². The number of pyridine rings is 1. The number of aryl methyl sites for hydroxylation is 2. The highest BCUT2D eigenvalue weighted by Gasteiger charge is 2.01. The van der Waals surface area contributed by atoms with Crippen LogP contribution in [0.3, 0.4) is 0 Å². The number of furan rings is 1. The third kappa shape index (κ3) is 0.909. The van der Waals surface area contributed by atoms with Crippen molar-refractivity contribution in [2.24, 2.45) is 0 Å². The van der Waals surface area contributed by atoms with Crippen molar-refractivity contribution in [2.75, 3.05) is 0 Å². The molecule has 2 nitrogen and oxygen atoms in total. The highest BCUT2D eigenvalue weighted by Crippen LogP contribution is 2.17. The number of hydrogen-bond acceptors (Lipinski definition) is 2. The molecule has 0 aromatic carbocycles. The first-order valence-corrected chi connectivity index (χ1v) is 3.59. The number of rotatable bonds is 0. The van der Waals surface area contributed by atoms with Gasteiger partial charge in [-0.2, -0.15) is 0 Å². The fourth-order valence-corrected chi connectivity index (χ4v) is 1.29. The van der Waals surface area contributed by atoms with Crippen LogP contribution in [0, 0.1) is 13.8 Å². The lowest BCUT2D eigenvalue weighted by Gasteiger charge is -1.95. The second kappa shape index (κ2) is 2.09. The van der Waals surface area contributed by atoms with Gasteiger partial charge in [-0.05, 0) is 25.5 Å². The van der Waals surface area contributed by atoms with E-state index in [0.29, 0.717) is 0 Å². The predicted octanol–water partition coefficient (Wildman–Crippen LogP) is 2.44. The van der Waals surface area contributed by atoms with Crippen LogP contribution in [-0.4, -0.2) is 4.98 Å². The summed E-state index contributed by atoms with van der Waals surface area (Å²) in [6, 6.07) is 3.90. The van der Waals surface area contributed by atoms with Crippen LogP contribution in [0.1, 0.15) is 11.3 Å². The van der Waals surface area contributed by atoms with E-state index < -0.39 is 0 Å². The summed E-state index contributed by atoms with van der Waals surface area (Å²) in [5.41, 5.74) is 4.03. The lowest BCUT2D eigenvalue weighted by Crippen LogP contribution is -1.82. The van der Waals surface area contributed by atoms with E-state index in [1.54, 1.807) is 6.26 Å². The molecule has 0 spiro atoms. The first-order valence-electron chi connectivity index (χ1n) is 3.59. The van der Waals surface area contributed by atoms with E-state index in [1.165, 1.54) is 0 Å². The van der Waals surface area contributed by atoms with Crippen LogP contribution in [0.2, 0.25) is 0 Å². The molecule has 2 aromatic rings. The van der Waals surface area contributed by atoms with Gasteiger partial charge in [-0.15, -0.1) is 0 Å². The van der Waals surface area contributed by atoms with E-state index >= 15 is 0 Å². The summed E-state index contributed by atoms with van der Waals surface area (Å²) in [5, 5.41) is 0. The summed E-state index contributed by atoms with van der Waals surface area (Å²) in [4.78, 5) is 4.30. The standard InChI is InChI=1S/C9H9NO/c1-6-5-7(2)10-8-3-4-11-9(6)8/h3-5H,1-2H3. The maximum absolute atomic E-state index is 5.24. The van der Waals surface area contributed by atoms with Gasteiger partial charge in [0.2, 0.25) is 0 Å². The Morgan fingerprint density at radius 2 is 2.18 bits per heavy atom. The monoisotopic (exact) mass is 147 g/mol. The van der Waals surface area contributed by atoms with E-state index in [2.05, 4.69) is 4.98 Å². The highest BCUT2D eigenvalue weighted by molar-refractivity contribution is 5.75. The molecule has 2 heterocycles. The van der Waals surface area contributed by atoms with Gasteiger partial charge in [0.25, 0.3) is 0 Å². The molecule has 0 aliphatic rings. The molecule has 56 valence electrons. The third-order valence-corrected chi connectivity index (χ3v) is 1.72. The van der Waals surface area contributed by atoms with Crippen LogP contribution in [0.4, 0.5) is 0 Å². The molecule has 11 heavy (non-hydrogen) atoms. The molecule has 2 rings (SSSR count). The summed E-state index contributed by atoms with van der Waals surface area (Å²) < 4.78 is 5.24. The maximum atomic E-state index is 5.24. The Bertz CT molecular complexity index is 389. The molecule has 0 bridgehead atoms. The summed E-state index contributed by atoms with van der Waals surface area (Å²) in [5.74, 6) is 0. The summed E-state index contributed by atoms with van der Waals surface area (Å²) >= 11 is 0. The molecule has 0 radical (unpaired) electrons. The molecule has 0 aliphatic carbocycles. The highest BCUT2D eigenvalue weighted by atomic mass is 16.3. The molecule has 0 unspecified atom stereocenters. The van der Waals surface area contributed by atoms with E-state index in [4.69, 9.17) is 4.42 Å². The number of aromatic nitrogens is 1. The number of nitrogens with zero attached hydrogens (tertiary/aromatic N) is 1. The van der Waals surface area contributed by atoms with Gasteiger partial charge >= 0.3 is 0 Å². The Morgan fingerprint density at radius 3 is 3.00 bits per heavy atom. The Kier molecular flexibility index (Phi) is 1.22. The Hall–Kier alpha value is -1.31. The van der Waals surface area contributed by atoms with Crippen LogP contribution in [0.25, 0.3) is 11.1 Å². The van der Waals surface area contributed by atoms with Crippen molar-refractivity contribution >= 4 is 11.1 Å². The van der Waals surface area contributed by atoms with Crippen molar-refractivity contribution < 1.29 is 4.42 Å². The topological polar surface area (TPSA) is 26.0 Å². The van der Waals surface area contributed by atoms with Crippen molar-refractivity contribution in [2.45, 2.75) is 13.8 Å². The van der Waals surface area contributed by atoms with Crippen molar-refractivity contribution in [3.8, 4) is 0 Å².